The van der Waals surface area contributed by atoms with Gasteiger partial charge in [-0.1, -0.05) is 13.0 Å². The number of rotatable bonds is 6. The zero-order valence-corrected chi connectivity index (χ0v) is 19.4. The van der Waals surface area contributed by atoms with E-state index >= 15 is 0 Å². The molecule has 2 N–H and O–H groups in total. The number of urea groups is 1. The van der Waals surface area contributed by atoms with E-state index in [1.54, 1.807) is 49.6 Å². The molecule has 0 aliphatic carbocycles. The van der Waals surface area contributed by atoms with Gasteiger partial charge in [0.2, 0.25) is 5.88 Å². The Labute approximate surface area is 205 Å². The second-order valence-corrected chi connectivity index (χ2v) is 7.80. The van der Waals surface area contributed by atoms with Crippen molar-refractivity contribution in [3.05, 3.63) is 90.0 Å². The van der Waals surface area contributed by atoms with Gasteiger partial charge in [0, 0.05) is 30.2 Å². The Balaban J connectivity index is 1.47. The number of aromatic nitrogens is 3. The van der Waals surface area contributed by atoms with Crippen LogP contribution in [-0.4, -0.2) is 21.0 Å². The molecule has 36 heavy (non-hydrogen) atoms. The van der Waals surface area contributed by atoms with Crippen molar-refractivity contribution in [2.24, 2.45) is 0 Å². The molecule has 2 aromatic heterocycles. The second-order valence-electron chi connectivity index (χ2n) is 7.80. The van der Waals surface area contributed by atoms with Crippen LogP contribution in [0.3, 0.4) is 0 Å². The molecular formula is C26H22F3N5O2. The largest absolute Gasteiger partial charge is 0.438 e. The lowest BCUT2D eigenvalue weighted by Crippen LogP contribution is -2.20. The second kappa shape index (κ2) is 10.4. The highest BCUT2D eigenvalue weighted by Crippen LogP contribution is 2.32. The summed E-state index contributed by atoms with van der Waals surface area (Å²) >= 11 is 0. The van der Waals surface area contributed by atoms with Gasteiger partial charge in [-0.2, -0.15) is 13.2 Å². The minimum absolute atomic E-state index is 0.0264. The minimum atomic E-state index is -4.50. The van der Waals surface area contributed by atoms with Crippen LogP contribution in [0.2, 0.25) is 0 Å². The number of pyridine rings is 1. The molecule has 184 valence electrons. The van der Waals surface area contributed by atoms with Gasteiger partial charge in [-0.15, -0.1) is 0 Å². The van der Waals surface area contributed by atoms with E-state index in [2.05, 4.69) is 25.6 Å². The fraction of sp³-hybridized carbons (Fsp3) is 0.154. The molecule has 0 aliphatic heterocycles. The van der Waals surface area contributed by atoms with Gasteiger partial charge < -0.3 is 15.4 Å². The number of ether oxygens (including phenoxy) is 1. The molecule has 2 amide bonds. The topological polar surface area (TPSA) is 89.0 Å². The molecule has 0 spiro atoms. The van der Waals surface area contributed by atoms with Gasteiger partial charge in [0.25, 0.3) is 0 Å². The number of carbonyl (C=O) groups excluding carboxylic acids is 1. The molecule has 0 saturated heterocycles. The number of hydrogen-bond donors (Lipinski definition) is 2. The average Bonchev–Trinajstić information content (AvgIpc) is 2.86. The van der Waals surface area contributed by atoms with Crippen molar-refractivity contribution in [2.75, 3.05) is 10.6 Å². The number of amides is 2. The van der Waals surface area contributed by atoms with Crippen LogP contribution in [0.5, 0.6) is 11.6 Å². The first-order valence-electron chi connectivity index (χ1n) is 11.0. The number of alkyl halides is 3. The quantitative estimate of drug-likeness (QED) is 0.306. The number of halogens is 3. The van der Waals surface area contributed by atoms with Crippen molar-refractivity contribution in [3.63, 3.8) is 0 Å². The van der Waals surface area contributed by atoms with E-state index in [0.717, 1.165) is 12.1 Å². The Bertz CT molecular complexity index is 1390. The van der Waals surface area contributed by atoms with Gasteiger partial charge in [0.15, 0.2) is 0 Å². The van der Waals surface area contributed by atoms with Gasteiger partial charge in [-0.05, 0) is 67.1 Å². The van der Waals surface area contributed by atoms with Crippen molar-refractivity contribution >= 4 is 17.4 Å². The third kappa shape index (κ3) is 5.96. The molecule has 0 radical (unpaired) electrons. The maximum absolute atomic E-state index is 12.9. The Morgan fingerprint density at radius 2 is 1.81 bits per heavy atom. The normalized spacial score (nSPS) is 11.1. The lowest BCUT2D eigenvalue weighted by molar-refractivity contribution is -0.137. The summed E-state index contributed by atoms with van der Waals surface area (Å²) in [6, 6.07) is 14.2. The molecule has 0 saturated carbocycles. The molecule has 4 aromatic rings. The Morgan fingerprint density at radius 1 is 0.972 bits per heavy atom. The van der Waals surface area contributed by atoms with Crippen LogP contribution in [0.4, 0.5) is 29.3 Å². The summed E-state index contributed by atoms with van der Waals surface area (Å²) in [4.78, 5) is 25.5. The maximum Gasteiger partial charge on any atom is 0.416 e. The molecule has 0 aliphatic rings. The van der Waals surface area contributed by atoms with Crippen molar-refractivity contribution in [1.29, 1.82) is 0 Å². The Hall–Kier alpha value is -4.47. The van der Waals surface area contributed by atoms with E-state index in [4.69, 9.17) is 4.74 Å². The summed E-state index contributed by atoms with van der Waals surface area (Å²) in [7, 11) is 0. The summed E-state index contributed by atoms with van der Waals surface area (Å²) in [5.74, 6) is 1.55. The van der Waals surface area contributed by atoms with E-state index in [9.17, 15) is 18.0 Å². The molecule has 10 heteroatoms. The molecule has 2 aromatic carbocycles. The van der Waals surface area contributed by atoms with E-state index in [-0.39, 0.29) is 5.69 Å². The standard InChI is InChI=1S/C26H22F3N5O2/c1-3-23-30-13-11-22(33-23)20-8-5-12-31-24(20)36-19-9-10-21(16(2)14-19)34-25(35)32-18-7-4-6-17(15-18)26(27,28)29/h4-15H,3H2,1-2H3,(H2,32,34,35). The van der Waals surface area contributed by atoms with Crippen LogP contribution in [0.25, 0.3) is 11.3 Å². The van der Waals surface area contributed by atoms with Gasteiger partial charge in [0.05, 0.1) is 16.8 Å². The highest BCUT2D eigenvalue weighted by Gasteiger charge is 2.30. The Morgan fingerprint density at radius 3 is 2.56 bits per heavy atom. The van der Waals surface area contributed by atoms with Crippen molar-refractivity contribution in [3.8, 4) is 22.9 Å². The Kier molecular flexibility index (Phi) is 7.14. The summed E-state index contributed by atoms with van der Waals surface area (Å²) in [5, 5.41) is 5.05. The number of benzene rings is 2. The molecule has 0 unspecified atom stereocenters. The van der Waals surface area contributed by atoms with Crippen LogP contribution in [0, 0.1) is 6.92 Å². The zero-order valence-electron chi connectivity index (χ0n) is 19.4. The predicted octanol–water partition coefficient (Wildman–Crippen LogP) is 6.86. The first-order chi connectivity index (χ1) is 17.2. The minimum Gasteiger partial charge on any atom is -0.438 e. The first-order valence-corrected chi connectivity index (χ1v) is 11.0. The SMILES string of the molecule is CCc1nccc(-c2cccnc2Oc2ccc(NC(=O)Nc3cccc(C(F)(F)F)c3)c(C)c2)n1. The smallest absolute Gasteiger partial charge is 0.416 e. The van der Waals surface area contributed by atoms with E-state index in [1.165, 1.54) is 12.1 Å². The molecular weight excluding hydrogens is 471 g/mol. The monoisotopic (exact) mass is 493 g/mol. The molecule has 2 heterocycles. The molecule has 4 rings (SSSR count). The first kappa shape index (κ1) is 24.6. The lowest BCUT2D eigenvalue weighted by Gasteiger charge is -2.14. The van der Waals surface area contributed by atoms with E-state index in [0.29, 0.717) is 46.4 Å². The van der Waals surface area contributed by atoms with Crippen LogP contribution >= 0.6 is 0 Å². The van der Waals surface area contributed by atoms with Gasteiger partial charge in [0.1, 0.15) is 11.6 Å². The number of aryl methyl sites for hydroxylation is 2. The summed E-state index contributed by atoms with van der Waals surface area (Å²) in [6.45, 7) is 3.74. The highest BCUT2D eigenvalue weighted by molar-refractivity contribution is 6.00. The molecule has 7 nitrogen and oxygen atoms in total. The number of nitrogens with one attached hydrogen (secondary N) is 2. The number of hydrogen-bond acceptors (Lipinski definition) is 5. The lowest BCUT2D eigenvalue weighted by atomic mass is 10.1. The van der Waals surface area contributed by atoms with Crippen LogP contribution in [-0.2, 0) is 12.6 Å². The average molecular weight is 493 g/mol. The van der Waals surface area contributed by atoms with E-state index in [1.807, 2.05) is 13.0 Å². The van der Waals surface area contributed by atoms with Crippen LogP contribution < -0.4 is 15.4 Å². The van der Waals surface area contributed by atoms with Crippen molar-refractivity contribution in [1.82, 2.24) is 15.0 Å². The zero-order chi connectivity index (χ0) is 25.7. The third-order valence-corrected chi connectivity index (χ3v) is 5.18. The summed E-state index contributed by atoms with van der Waals surface area (Å²) in [5.41, 5.74) is 1.72. The number of anilines is 2. The van der Waals surface area contributed by atoms with Crippen LogP contribution in [0.1, 0.15) is 23.9 Å². The molecule has 0 bridgehead atoms. The van der Waals surface area contributed by atoms with Gasteiger partial charge in [-0.25, -0.2) is 19.7 Å². The summed E-state index contributed by atoms with van der Waals surface area (Å²) < 4.78 is 44.7. The summed E-state index contributed by atoms with van der Waals surface area (Å²) in [6.07, 6.45) is -0.506. The fourth-order valence-electron chi connectivity index (χ4n) is 3.40. The highest BCUT2D eigenvalue weighted by atomic mass is 19.4. The van der Waals surface area contributed by atoms with Crippen LogP contribution in [0.15, 0.2) is 73.1 Å². The molecule has 0 fully saturated rings. The third-order valence-electron chi connectivity index (χ3n) is 5.18. The molecule has 0 atom stereocenters. The van der Waals surface area contributed by atoms with Gasteiger partial charge >= 0.3 is 12.2 Å². The predicted molar refractivity (Wildman–Crippen MR) is 130 cm³/mol. The fourth-order valence-corrected chi connectivity index (χ4v) is 3.40. The maximum atomic E-state index is 12.9. The number of nitrogens with zero attached hydrogens (tertiary/aromatic N) is 3. The van der Waals surface area contributed by atoms with Gasteiger partial charge in [-0.3, -0.25) is 0 Å². The van der Waals surface area contributed by atoms with Crippen molar-refractivity contribution < 1.29 is 22.7 Å². The van der Waals surface area contributed by atoms with E-state index < -0.39 is 17.8 Å². The van der Waals surface area contributed by atoms with Crippen molar-refractivity contribution in [2.45, 2.75) is 26.4 Å². The number of carbonyl (C=O) groups is 1.